The van der Waals surface area contributed by atoms with Gasteiger partial charge in [0, 0.05) is 30.0 Å². The summed E-state index contributed by atoms with van der Waals surface area (Å²) in [7, 11) is 0. The predicted octanol–water partition coefficient (Wildman–Crippen LogP) is 4.03. The van der Waals surface area contributed by atoms with Crippen molar-refractivity contribution in [1.29, 1.82) is 0 Å². The number of aromatic nitrogens is 3. The first kappa shape index (κ1) is 19.4. The largest absolute Gasteiger partial charge is 0.478 e. The van der Waals surface area contributed by atoms with E-state index in [9.17, 15) is 9.90 Å². The van der Waals surface area contributed by atoms with Crippen molar-refractivity contribution in [3.63, 3.8) is 0 Å². The van der Waals surface area contributed by atoms with Gasteiger partial charge in [-0.15, -0.1) is 11.3 Å². The van der Waals surface area contributed by atoms with Crippen LogP contribution in [0.3, 0.4) is 0 Å². The summed E-state index contributed by atoms with van der Waals surface area (Å²) in [5.41, 5.74) is 5.25. The summed E-state index contributed by atoms with van der Waals surface area (Å²) in [6.07, 6.45) is 0. The Morgan fingerprint density at radius 2 is 1.94 bits per heavy atom. The number of nitrogens with zero attached hydrogens (tertiary/aromatic N) is 4. The molecule has 0 amide bonds. The molecule has 3 heterocycles. The minimum absolute atomic E-state index is 0.193. The molecule has 8 nitrogen and oxygen atoms in total. The normalized spacial score (nSPS) is 14.0. The topological polar surface area (TPSA) is 100 Å². The number of hydrogen-bond donors (Lipinski definition) is 2. The Hall–Kier alpha value is -3.56. The van der Waals surface area contributed by atoms with Crippen molar-refractivity contribution in [2.24, 2.45) is 0 Å². The highest BCUT2D eigenvalue weighted by atomic mass is 32.1. The molecule has 0 radical (unpaired) electrons. The van der Waals surface area contributed by atoms with Crippen LogP contribution in [0, 0.1) is 0 Å². The second-order valence-corrected chi connectivity index (χ2v) is 7.90. The second-order valence-electron chi connectivity index (χ2n) is 7.06. The van der Waals surface area contributed by atoms with Crippen LogP contribution in [0.4, 0.5) is 17.2 Å². The van der Waals surface area contributed by atoms with Gasteiger partial charge in [0.15, 0.2) is 11.6 Å². The van der Waals surface area contributed by atoms with E-state index in [0.717, 1.165) is 42.5 Å². The molecule has 0 aliphatic carbocycles. The molecule has 0 saturated carbocycles. The lowest BCUT2D eigenvalue weighted by atomic mass is 10.1. The van der Waals surface area contributed by atoms with E-state index in [2.05, 4.69) is 37.3 Å². The predicted molar refractivity (Wildman–Crippen MR) is 120 cm³/mol. The van der Waals surface area contributed by atoms with Crippen LogP contribution in [-0.4, -0.2) is 52.3 Å². The van der Waals surface area contributed by atoms with Gasteiger partial charge in [-0.05, 0) is 30.3 Å². The van der Waals surface area contributed by atoms with Crippen molar-refractivity contribution in [2.45, 2.75) is 0 Å². The SMILES string of the molecule is O=C(O)c1cccc(-c2nc(Nc3cccc(N4CCOCC4)c3)c3ncsc3n2)c1. The maximum absolute atomic E-state index is 11.4. The lowest BCUT2D eigenvalue weighted by Crippen LogP contribution is -2.36. The highest BCUT2D eigenvalue weighted by molar-refractivity contribution is 7.16. The number of thiazole rings is 1. The third-order valence-corrected chi connectivity index (χ3v) is 5.77. The van der Waals surface area contributed by atoms with Crippen molar-refractivity contribution in [3.05, 3.63) is 59.6 Å². The van der Waals surface area contributed by atoms with Gasteiger partial charge in [0.2, 0.25) is 0 Å². The molecule has 2 aromatic carbocycles. The number of rotatable bonds is 5. The lowest BCUT2D eigenvalue weighted by Gasteiger charge is -2.29. The Kier molecular flexibility index (Phi) is 5.19. The molecule has 0 unspecified atom stereocenters. The van der Waals surface area contributed by atoms with Crippen LogP contribution in [0.15, 0.2) is 54.0 Å². The van der Waals surface area contributed by atoms with Crippen molar-refractivity contribution in [1.82, 2.24) is 15.0 Å². The number of carboxylic acids is 1. The number of anilines is 3. The standard InChI is InChI=1S/C22H19N5O3S/c28-22(29)15-4-1-3-14(11-15)19-25-20(18-21(26-19)31-13-23-18)24-16-5-2-6-17(12-16)27-7-9-30-10-8-27/h1-6,11-13H,7-10H2,(H,28,29)(H,24,25,26). The van der Waals surface area contributed by atoms with Crippen LogP contribution in [-0.2, 0) is 4.74 Å². The maximum Gasteiger partial charge on any atom is 0.335 e. The summed E-state index contributed by atoms with van der Waals surface area (Å²) in [5.74, 6) is 0.0479. The molecule has 0 spiro atoms. The van der Waals surface area contributed by atoms with E-state index in [-0.39, 0.29) is 5.56 Å². The van der Waals surface area contributed by atoms with Gasteiger partial charge >= 0.3 is 5.97 Å². The molecule has 1 fully saturated rings. The smallest absolute Gasteiger partial charge is 0.335 e. The average molecular weight is 433 g/mol. The number of carboxylic acid groups (broad SMARTS) is 1. The van der Waals surface area contributed by atoms with Gasteiger partial charge in [-0.3, -0.25) is 0 Å². The summed E-state index contributed by atoms with van der Waals surface area (Å²) in [6, 6.07) is 14.8. The van der Waals surface area contributed by atoms with Crippen LogP contribution in [0.1, 0.15) is 10.4 Å². The zero-order valence-corrected chi connectivity index (χ0v) is 17.3. The first-order valence-corrected chi connectivity index (χ1v) is 10.7. The van der Waals surface area contributed by atoms with E-state index < -0.39 is 5.97 Å². The monoisotopic (exact) mass is 433 g/mol. The summed E-state index contributed by atoms with van der Waals surface area (Å²) < 4.78 is 5.45. The zero-order valence-electron chi connectivity index (χ0n) is 16.5. The number of morpholine rings is 1. The summed E-state index contributed by atoms with van der Waals surface area (Å²) in [6.45, 7) is 3.16. The summed E-state index contributed by atoms with van der Waals surface area (Å²) in [5, 5.41) is 12.7. The van der Waals surface area contributed by atoms with Gasteiger partial charge in [0.1, 0.15) is 10.3 Å². The fourth-order valence-corrected chi connectivity index (χ4v) is 4.17. The van der Waals surface area contributed by atoms with E-state index in [4.69, 9.17) is 4.74 Å². The minimum Gasteiger partial charge on any atom is -0.478 e. The van der Waals surface area contributed by atoms with E-state index >= 15 is 0 Å². The molecule has 2 aromatic heterocycles. The molecule has 2 N–H and O–H groups in total. The first-order chi connectivity index (χ1) is 15.2. The van der Waals surface area contributed by atoms with Gasteiger partial charge in [0.25, 0.3) is 0 Å². The van der Waals surface area contributed by atoms with Crippen LogP contribution in [0.25, 0.3) is 21.7 Å². The number of carbonyl (C=O) groups is 1. The van der Waals surface area contributed by atoms with Crippen molar-refractivity contribution in [3.8, 4) is 11.4 Å². The molecular weight excluding hydrogens is 414 g/mol. The summed E-state index contributed by atoms with van der Waals surface area (Å²) >= 11 is 1.42. The Labute approximate surface area is 182 Å². The fourth-order valence-electron chi connectivity index (χ4n) is 3.51. The Morgan fingerprint density at radius 1 is 1.10 bits per heavy atom. The third-order valence-electron chi connectivity index (χ3n) is 5.05. The van der Waals surface area contributed by atoms with E-state index in [0.29, 0.717) is 22.7 Å². The summed E-state index contributed by atoms with van der Waals surface area (Å²) in [4.78, 5) is 28.1. The first-order valence-electron chi connectivity index (χ1n) is 9.82. The van der Waals surface area contributed by atoms with Crippen LogP contribution >= 0.6 is 11.3 Å². The van der Waals surface area contributed by atoms with Crippen molar-refractivity contribution in [2.75, 3.05) is 36.5 Å². The highest BCUT2D eigenvalue weighted by Gasteiger charge is 2.15. The molecule has 0 atom stereocenters. The number of hydrogen-bond acceptors (Lipinski definition) is 8. The molecule has 5 rings (SSSR count). The Balaban J connectivity index is 1.51. The second kappa shape index (κ2) is 8.29. The Morgan fingerprint density at radius 3 is 2.77 bits per heavy atom. The Bertz CT molecular complexity index is 1250. The molecule has 31 heavy (non-hydrogen) atoms. The molecular formula is C22H19N5O3S. The van der Waals surface area contributed by atoms with Crippen LogP contribution in [0.5, 0.6) is 0 Å². The van der Waals surface area contributed by atoms with Gasteiger partial charge in [-0.25, -0.2) is 19.7 Å². The maximum atomic E-state index is 11.4. The molecule has 1 aliphatic rings. The number of benzene rings is 2. The minimum atomic E-state index is -0.987. The number of ether oxygens (including phenoxy) is 1. The number of nitrogens with one attached hydrogen (secondary N) is 1. The zero-order chi connectivity index (χ0) is 21.2. The molecule has 4 aromatic rings. The van der Waals surface area contributed by atoms with Crippen molar-refractivity contribution >= 4 is 44.8 Å². The number of fused-ring (bicyclic) bond motifs is 1. The molecule has 156 valence electrons. The van der Waals surface area contributed by atoms with Gasteiger partial charge in [-0.2, -0.15) is 0 Å². The number of aromatic carboxylic acids is 1. The fraction of sp³-hybridized carbons (Fsp3) is 0.182. The van der Waals surface area contributed by atoms with Crippen molar-refractivity contribution < 1.29 is 14.6 Å². The van der Waals surface area contributed by atoms with Crippen LogP contribution in [0.2, 0.25) is 0 Å². The lowest BCUT2D eigenvalue weighted by molar-refractivity contribution is 0.0697. The van der Waals surface area contributed by atoms with E-state index in [1.54, 1.807) is 29.8 Å². The van der Waals surface area contributed by atoms with Gasteiger partial charge < -0.3 is 20.1 Å². The average Bonchev–Trinajstić information content (AvgIpc) is 3.29. The molecule has 1 saturated heterocycles. The van der Waals surface area contributed by atoms with Crippen LogP contribution < -0.4 is 10.2 Å². The van der Waals surface area contributed by atoms with E-state index in [1.165, 1.54) is 11.3 Å². The molecule has 0 bridgehead atoms. The van der Waals surface area contributed by atoms with Gasteiger partial charge in [0.05, 0.1) is 24.3 Å². The molecule has 9 heteroatoms. The van der Waals surface area contributed by atoms with Gasteiger partial charge in [-0.1, -0.05) is 18.2 Å². The molecule has 1 aliphatic heterocycles. The highest BCUT2D eigenvalue weighted by Crippen LogP contribution is 2.30. The quantitative estimate of drug-likeness (QED) is 0.487. The van der Waals surface area contributed by atoms with E-state index in [1.807, 2.05) is 12.1 Å². The third kappa shape index (κ3) is 4.05.